The van der Waals surface area contributed by atoms with Crippen molar-refractivity contribution in [2.75, 3.05) is 19.1 Å². The first-order valence-electron chi connectivity index (χ1n) is 7.73. The zero-order chi connectivity index (χ0) is 18.7. The molecule has 0 bridgehead atoms. The third-order valence-electron chi connectivity index (χ3n) is 3.85. The molecule has 2 aromatic carbocycles. The summed E-state index contributed by atoms with van der Waals surface area (Å²) in [5, 5.41) is 2.18. The van der Waals surface area contributed by atoms with E-state index in [0.29, 0.717) is 17.1 Å². The molecule has 0 aromatic heterocycles. The van der Waals surface area contributed by atoms with Gasteiger partial charge in [0.05, 0.1) is 19.9 Å². The van der Waals surface area contributed by atoms with Gasteiger partial charge in [0.15, 0.2) is 0 Å². The quantitative estimate of drug-likeness (QED) is 0.674. The number of hydrogen-bond acceptors (Lipinski definition) is 5. The second-order valence-corrected chi connectivity index (χ2v) is 5.40. The Bertz CT molecular complexity index is 902. The van der Waals surface area contributed by atoms with Gasteiger partial charge in [-0.3, -0.25) is 14.9 Å². The van der Waals surface area contributed by atoms with Crippen LogP contribution in [0.4, 0.5) is 10.5 Å². The molecule has 7 heteroatoms. The highest BCUT2D eigenvalue weighted by Gasteiger charge is 2.37. The van der Waals surface area contributed by atoms with Crippen molar-refractivity contribution in [1.29, 1.82) is 0 Å². The molecule has 0 saturated carbocycles. The van der Waals surface area contributed by atoms with Crippen molar-refractivity contribution in [2.45, 2.75) is 0 Å². The Kier molecular flexibility index (Phi) is 4.70. The molecule has 26 heavy (non-hydrogen) atoms. The van der Waals surface area contributed by atoms with E-state index < -0.39 is 17.8 Å². The summed E-state index contributed by atoms with van der Waals surface area (Å²) in [5.41, 5.74) is 0.727. The Morgan fingerprint density at radius 1 is 0.923 bits per heavy atom. The molecule has 1 fully saturated rings. The van der Waals surface area contributed by atoms with Crippen LogP contribution in [0.25, 0.3) is 6.08 Å². The number of methoxy groups -OCH3 is 2. The Hall–Kier alpha value is -3.61. The van der Waals surface area contributed by atoms with E-state index in [1.807, 2.05) is 0 Å². The van der Waals surface area contributed by atoms with Crippen LogP contribution in [-0.2, 0) is 9.59 Å². The number of benzene rings is 2. The summed E-state index contributed by atoms with van der Waals surface area (Å²) in [6, 6.07) is 12.6. The summed E-state index contributed by atoms with van der Waals surface area (Å²) in [4.78, 5) is 38.1. The maximum Gasteiger partial charge on any atom is 0.336 e. The van der Waals surface area contributed by atoms with Gasteiger partial charge in [-0.05, 0) is 35.9 Å². The number of para-hydroxylation sites is 2. The van der Waals surface area contributed by atoms with Crippen LogP contribution in [0.2, 0.25) is 0 Å². The number of urea groups is 1. The average molecular weight is 352 g/mol. The van der Waals surface area contributed by atoms with Crippen LogP contribution < -0.4 is 19.7 Å². The van der Waals surface area contributed by atoms with E-state index in [2.05, 4.69) is 5.32 Å². The lowest BCUT2D eigenvalue weighted by atomic mass is 10.1. The summed E-state index contributed by atoms with van der Waals surface area (Å²) >= 11 is 0. The number of nitrogens with zero attached hydrogens (tertiary/aromatic N) is 1. The van der Waals surface area contributed by atoms with Crippen molar-refractivity contribution in [3.8, 4) is 11.5 Å². The fourth-order valence-electron chi connectivity index (χ4n) is 2.56. The molecular weight excluding hydrogens is 336 g/mol. The molecule has 0 radical (unpaired) electrons. The molecule has 132 valence electrons. The predicted octanol–water partition coefficient (Wildman–Crippen LogP) is 2.37. The minimum atomic E-state index is -0.823. The van der Waals surface area contributed by atoms with E-state index in [9.17, 15) is 14.4 Å². The van der Waals surface area contributed by atoms with Crippen molar-refractivity contribution in [3.05, 3.63) is 59.7 Å². The molecule has 0 spiro atoms. The van der Waals surface area contributed by atoms with Gasteiger partial charge in [-0.2, -0.15) is 0 Å². The number of imide groups is 2. The van der Waals surface area contributed by atoms with E-state index in [0.717, 1.165) is 4.90 Å². The third-order valence-corrected chi connectivity index (χ3v) is 3.85. The number of anilines is 1. The number of carbonyl (C=O) groups excluding carboxylic acids is 3. The molecule has 0 atom stereocenters. The molecular formula is C19H16N2O5. The van der Waals surface area contributed by atoms with Gasteiger partial charge < -0.3 is 9.47 Å². The molecule has 1 aliphatic rings. The first-order chi connectivity index (χ1) is 12.5. The SMILES string of the molecule is COc1ccc(/C=C2\C(=O)NC(=O)N(c3ccccc3OC)C2=O)cc1. The molecule has 0 unspecified atom stereocenters. The number of rotatable bonds is 4. The topological polar surface area (TPSA) is 84.9 Å². The number of carbonyl (C=O) groups is 3. The van der Waals surface area contributed by atoms with Crippen LogP contribution in [0.3, 0.4) is 0 Å². The maximum atomic E-state index is 12.8. The van der Waals surface area contributed by atoms with Gasteiger partial charge in [0.1, 0.15) is 17.1 Å². The number of nitrogens with one attached hydrogen (secondary N) is 1. The van der Waals surface area contributed by atoms with Gasteiger partial charge >= 0.3 is 6.03 Å². The zero-order valence-electron chi connectivity index (χ0n) is 14.2. The molecule has 1 heterocycles. The highest BCUT2D eigenvalue weighted by atomic mass is 16.5. The van der Waals surface area contributed by atoms with Gasteiger partial charge in [0, 0.05) is 0 Å². The normalized spacial score (nSPS) is 15.8. The summed E-state index contributed by atoms with van der Waals surface area (Å²) in [6.07, 6.45) is 1.42. The number of ether oxygens (including phenoxy) is 2. The van der Waals surface area contributed by atoms with E-state index in [1.54, 1.807) is 55.6 Å². The lowest BCUT2D eigenvalue weighted by Crippen LogP contribution is -2.54. The monoisotopic (exact) mass is 352 g/mol. The second-order valence-electron chi connectivity index (χ2n) is 5.40. The maximum absolute atomic E-state index is 12.8. The zero-order valence-corrected chi connectivity index (χ0v) is 14.2. The van der Waals surface area contributed by atoms with Crippen molar-refractivity contribution < 1.29 is 23.9 Å². The van der Waals surface area contributed by atoms with E-state index in [4.69, 9.17) is 9.47 Å². The smallest absolute Gasteiger partial charge is 0.336 e. The van der Waals surface area contributed by atoms with Crippen molar-refractivity contribution in [1.82, 2.24) is 5.32 Å². The van der Waals surface area contributed by atoms with Crippen LogP contribution in [-0.4, -0.2) is 32.1 Å². The van der Waals surface area contributed by atoms with Gasteiger partial charge in [-0.25, -0.2) is 9.69 Å². The first-order valence-corrected chi connectivity index (χ1v) is 7.73. The minimum absolute atomic E-state index is 0.152. The average Bonchev–Trinajstić information content (AvgIpc) is 2.66. The number of amides is 4. The molecule has 7 nitrogen and oxygen atoms in total. The minimum Gasteiger partial charge on any atom is -0.497 e. The van der Waals surface area contributed by atoms with E-state index in [1.165, 1.54) is 13.2 Å². The first kappa shape index (κ1) is 17.2. The van der Waals surface area contributed by atoms with Crippen LogP contribution in [0, 0.1) is 0 Å². The third kappa shape index (κ3) is 3.14. The predicted molar refractivity (Wildman–Crippen MR) is 95.0 cm³/mol. The Morgan fingerprint density at radius 3 is 2.27 bits per heavy atom. The molecule has 1 N–H and O–H groups in total. The van der Waals surface area contributed by atoms with Gasteiger partial charge in [-0.1, -0.05) is 24.3 Å². The van der Waals surface area contributed by atoms with Crippen molar-refractivity contribution in [3.63, 3.8) is 0 Å². The molecule has 1 aliphatic heterocycles. The highest BCUT2D eigenvalue weighted by molar-refractivity contribution is 6.39. The largest absolute Gasteiger partial charge is 0.497 e. The van der Waals surface area contributed by atoms with E-state index in [-0.39, 0.29) is 11.3 Å². The molecule has 4 amide bonds. The molecule has 0 aliphatic carbocycles. The Morgan fingerprint density at radius 2 is 1.62 bits per heavy atom. The second kappa shape index (κ2) is 7.10. The Labute approximate surface area is 149 Å². The summed E-state index contributed by atoms with van der Waals surface area (Å²) in [5.74, 6) is -0.479. The van der Waals surface area contributed by atoms with Crippen molar-refractivity contribution in [2.24, 2.45) is 0 Å². The molecule has 3 rings (SSSR count). The lowest BCUT2D eigenvalue weighted by molar-refractivity contribution is -0.122. The summed E-state index contributed by atoms with van der Waals surface area (Å²) in [7, 11) is 2.98. The Balaban J connectivity index is 2.01. The van der Waals surface area contributed by atoms with Gasteiger partial charge in [0.25, 0.3) is 11.8 Å². The van der Waals surface area contributed by atoms with Gasteiger partial charge in [0.2, 0.25) is 0 Å². The van der Waals surface area contributed by atoms with Crippen LogP contribution in [0.1, 0.15) is 5.56 Å². The van der Waals surface area contributed by atoms with Gasteiger partial charge in [-0.15, -0.1) is 0 Å². The fraction of sp³-hybridized carbons (Fsp3) is 0.105. The summed E-state index contributed by atoms with van der Waals surface area (Å²) < 4.78 is 10.3. The molecule has 1 saturated heterocycles. The summed E-state index contributed by atoms with van der Waals surface area (Å²) in [6.45, 7) is 0. The van der Waals surface area contributed by atoms with Crippen LogP contribution in [0.5, 0.6) is 11.5 Å². The van der Waals surface area contributed by atoms with Crippen LogP contribution >= 0.6 is 0 Å². The highest BCUT2D eigenvalue weighted by Crippen LogP contribution is 2.30. The van der Waals surface area contributed by atoms with E-state index >= 15 is 0 Å². The standard InChI is InChI=1S/C19H16N2O5/c1-25-13-9-7-12(8-10-13)11-14-17(22)20-19(24)21(18(14)23)15-5-3-4-6-16(15)26-2/h3-11H,1-2H3,(H,20,22,24)/b14-11+. The molecule has 2 aromatic rings. The lowest BCUT2D eigenvalue weighted by Gasteiger charge is -2.27. The number of hydrogen-bond donors (Lipinski definition) is 1. The van der Waals surface area contributed by atoms with Crippen molar-refractivity contribution >= 4 is 29.6 Å². The van der Waals surface area contributed by atoms with Crippen LogP contribution in [0.15, 0.2) is 54.1 Å². The fourth-order valence-corrected chi connectivity index (χ4v) is 2.56. The number of barbiturate groups is 1.